The van der Waals surface area contributed by atoms with Crippen LogP contribution in [0.25, 0.3) is 0 Å². The van der Waals surface area contributed by atoms with E-state index in [1.54, 1.807) is 0 Å². The third kappa shape index (κ3) is 5.80. The molecular weight excluding hydrogens is 498 g/mol. The average molecular weight is 531 g/mol. The van der Waals surface area contributed by atoms with Crippen molar-refractivity contribution in [3.63, 3.8) is 0 Å². The Morgan fingerprint density at radius 3 is 1.94 bits per heavy atom. The van der Waals surface area contributed by atoms with Crippen LogP contribution in [0.2, 0.25) is 0 Å². The van der Waals surface area contributed by atoms with Crippen molar-refractivity contribution >= 4 is 5.97 Å². The van der Waals surface area contributed by atoms with Gasteiger partial charge in [-0.15, -0.1) is 0 Å². The lowest BCUT2D eigenvalue weighted by Gasteiger charge is -2.46. The number of aliphatic hydroxyl groups is 8. The zero-order valence-corrected chi connectivity index (χ0v) is 19.0. The summed E-state index contributed by atoms with van der Waals surface area (Å²) in [6, 6.07) is -1.46. The van der Waals surface area contributed by atoms with Gasteiger partial charge in [0.1, 0.15) is 61.0 Å². The highest BCUT2D eigenvalue weighted by Gasteiger charge is 2.53. The molecule has 3 aliphatic rings. The van der Waals surface area contributed by atoms with Gasteiger partial charge in [0.25, 0.3) is 0 Å². The molecule has 3 rings (SSSR count). The maximum absolute atomic E-state index is 11.7. The molecule has 3 aliphatic heterocycles. The number of methoxy groups -OCH3 is 1. The molecule has 0 aliphatic carbocycles. The Morgan fingerprint density at radius 1 is 0.778 bits per heavy atom. The Kier molecular flexibility index (Phi) is 9.94. The molecule has 11 N–H and O–H groups in total. The fourth-order valence-corrected chi connectivity index (χ4v) is 4.14. The van der Waals surface area contributed by atoms with E-state index in [2.05, 4.69) is 0 Å². The number of ether oxygens (including phenoxy) is 6. The largest absolute Gasteiger partial charge is 0.479 e. The maximum atomic E-state index is 11.7. The second-order valence-corrected chi connectivity index (χ2v) is 8.71. The number of carboxylic acid groups (broad SMARTS) is 1. The third-order valence-electron chi connectivity index (χ3n) is 6.33. The second-order valence-electron chi connectivity index (χ2n) is 8.71. The lowest BCUT2D eigenvalue weighted by molar-refractivity contribution is -0.345. The Hall–Kier alpha value is -1.13. The molecule has 17 nitrogen and oxygen atoms in total. The van der Waals surface area contributed by atoms with Crippen LogP contribution in [0.15, 0.2) is 0 Å². The van der Waals surface area contributed by atoms with Gasteiger partial charge < -0.3 is 80.1 Å². The Balaban J connectivity index is 1.70. The third-order valence-corrected chi connectivity index (χ3v) is 6.33. The normalized spacial score (nSPS) is 50.1. The molecule has 6 unspecified atom stereocenters. The van der Waals surface area contributed by atoms with E-state index in [1.807, 2.05) is 0 Å². The molecule has 3 heterocycles. The summed E-state index contributed by atoms with van der Waals surface area (Å²) in [6.45, 7) is -1.31. The molecule has 0 amide bonds. The van der Waals surface area contributed by atoms with Crippen LogP contribution in [0.5, 0.6) is 0 Å². The van der Waals surface area contributed by atoms with E-state index in [4.69, 9.17) is 34.2 Å². The average Bonchev–Trinajstić information content (AvgIpc) is 2.85. The van der Waals surface area contributed by atoms with E-state index < -0.39 is 111 Å². The van der Waals surface area contributed by atoms with Gasteiger partial charge in [0.15, 0.2) is 25.0 Å². The van der Waals surface area contributed by atoms with Crippen LogP contribution < -0.4 is 5.73 Å². The highest BCUT2D eigenvalue weighted by atomic mass is 16.7. The molecule has 17 heteroatoms. The van der Waals surface area contributed by atoms with Gasteiger partial charge in [-0.2, -0.15) is 0 Å². The van der Waals surface area contributed by atoms with Crippen molar-refractivity contribution < 1.29 is 79.2 Å². The first-order valence-corrected chi connectivity index (χ1v) is 11.0. The van der Waals surface area contributed by atoms with Crippen LogP contribution in [-0.4, -0.2) is 164 Å². The molecule has 0 bridgehead atoms. The van der Waals surface area contributed by atoms with Crippen LogP contribution >= 0.6 is 0 Å². The summed E-state index contributed by atoms with van der Waals surface area (Å²) in [4.78, 5) is 11.7. The highest BCUT2D eigenvalue weighted by Crippen LogP contribution is 2.30. The molecule has 0 aromatic rings. The fourth-order valence-electron chi connectivity index (χ4n) is 4.14. The summed E-state index contributed by atoms with van der Waals surface area (Å²) in [5, 5.41) is 89.8. The first-order valence-electron chi connectivity index (χ1n) is 11.0. The predicted octanol–water partition coefficient (Wildman–Crippen LogP) is -6.86. The van der Waals surface area contributed by atoms with E-state index in [1.165, 1.54) is 0 Å². The van der Waals surface area contributed by atoms with Gasteiger partial charge in [0, 0.05) is 7.11 Å². The number of rotatable bonds is 8. The Labute approximate surface area is 204 Å². The van der Waals surface area contributed by atoms with Gasteiger partial charge in [0.2, 0.25) is 0 Å². The van der Waals surface area contributed by atoms with Crippen molar-refractivity contribution in [1.82, 2.24) is 0 Å². The number of carboxylic acids is 1. The molecule has 210 valence electrons. The Morgan fingerprint density at radius 2 is 1.36 bits per heavy atom. The first-order chi connectivity index (χ1) is 16.9. The molecule has 0 spiro atoms. The van der Waals surface area contributed by atoms with Crippen LogP contribution in [-0.2, 0) is 33.2 Å². The lowest BCUT2D eigenvalue weighted by atomic mass is 9.96. The van der Waals surface area contributed by atoms with E-state index in [0.717, 1.165) is 7.11 Å². The zero-order valence-electron chi connectivity index (χ0n) is 19.0. The molecular formula is C19H33NO16. The van der Waals surface area contributed by atoms with Gasteiger partial charge in [-0.3, -0.25) is 0 Å². The molecule has 0 saturated carbocycles. The van der Waals surface area contributed by atoms with Crippen LogP contribution in [0.4, 0.5) is 0 Å². The van der Waals surface area contributed by atoms with Gasteiger partial charge >= 0.3 is 5.97 Å². The van der Waals surface area contributed by atoms with Crippen molar-refractivity contribution in [3.05, 3.63) is 0 Å². The molecule has 3 fully saturated rings. The zero-order chi connectivity index (χ0) is 26.9. The van der Waals surface area contributed by atoms with Gasteiger partial charge in [-0.1, -0.05) is 0 Å². The van der Waals surface area contributed by atoms with E-state index in [0.29, 0.717) is 0 Å². The van der Waals surface area contributed by atoms with Crippen LogP contribution in [0.3, 0.4) is 0 Å². The monoisotopic (exact) mass is 531 g/mol. The number of nitrogens with two attached hydrogens (primary N) is 1. The first kappa shape index (κ1) is 29.4. The molecule has 36 heavy (non-hydrogen) atoms. The summed E-state index contributed by atoms with van der Waals surface area (Å²) in [7, 11) is 1.12. The minimum atomic E-state index is -1.84. The number of hydrogen-bond acceptors (Lipinski definition) is 16. The number of aliphatic hydroxyl groups excluding tert-OH is 8. The smallest absolute Gasteiger partial charge is 0.335 e. The standard InChI is InChI=1S/C19H33NO16/c1-31-18-13(28)11(26)14(15(36-18)16(29)30)35-17-6(20)9(24)8(23)5(34-17)3-32-19-12(27)10(25)7(22)4(2-21)33-19/h4-15,17-19,21-28H,2-3,20H2,1H3,(H,29,30)/t4?,5?,6?,7-,8+,9+,10-,11+,12?,13?,14-,15?,17+,18-,19-/m0/s1. The van der Waals surface area contributed by atoms with Crippen molar-refractivity contribution in [2.75, 3.05) is 20.3 Å². The summed E-state index contributed by atoms with van der Waals surface area (Å²) in [5.41, 5.74) is 5.87. The molecule has 0 radical (unpaired) electrons. The lowest BCUT2D eigenvalue weighted by Crippen LogP contribution is -2.67. The Bertz CT molecular complexity index is 730. The summed E-state index contributed by atoms with van der Waals surface area (Å²) in [6.07, 6.45) is -23.0. The van der Waals surface area contributed by atoms with Crippen molar-refractivity contribution in [1.29, 1.82) is 0 Å². The summed E-state index contributed by atoms with van der Waals surface area (Å²) in [5.74, 6) is -1.57. The second kappa shape index (κ2) is 12.2. The maximum Gasteiger partial charge on any atom is 0.335 e. The van der Waals surface area contributed by atoms with Crippen LogP contribution in [0, 0.1) is 0 Å². The minimum Gasteiger partial charge on any atom is -0.479 e. The topological polar surface area (TPSA) is 281 Å². The van der Waals surface area contributed by atoms with E-state index >= 15 is 0 Å². The van der Waals surface area contributed by atoms with E-state index in [-0.39, 0.29) is 0 Å². The van der Waals surface area contributed by atoms with E-state index in [9.17, 15) is 50.8 Å². The summed E-state index contributed by atoms with van der Waals surface area (Å²) < 4.78 is 31.5. The van der Waals surface area contributed by atoms with Crippen molar-refractivity contribution in [3.8, 4) is 0 Å². The molecule has 15 atom stereocenters. The van der Waals surface area contributed by atoms with Gasteiger partial charge in [0.05, 0.1) is 19.3 Å². The SMILES string of the molecule is CO[C@H]1OC(C(=O)O)[C@@H](O[C@H]2OC(CO[C@H]3OC(CO)[C@H](O)[C@H](O)C3O)[C@@H](O)[C@H](O)C2N)[C@H](O)C1O. The molecule has 3 saturated heterocycles. The predicted molar refractivity (Wildman–Crippen MR) is 109 cm³/mol. The van der Waals surface area contributed by atoms with Crippen LogP contribution in [0.1, 0.15) is 0 Å². The molecule has 0 aromatic carbocycles. The van der Waals surface area contributed by atoms with Crippen molar-refractivity contribution in [2.24, 2.45) is 5.73 Å². The van der Waals surface area contributed by atoms with Crippen molar-refractivity contribution in [2.45, 2.75) is 92.1 Å². The molecule has 0 aromatic heterocycles. The van der Waals surface area contributed by atoms with Gasteiger partial charge in [-0.05, 0) is 0 Å². The summed E-state index contributed by atoms with van der Waals surface area (Å²) >= 11 is 0. The fraction of sp³-hybridized carbons (Fsp3) is 0.947. The van der Waals surface area contributed by atoms with Gasteiger partial charge in [-0.25, -0.2) is 4.79 Å². The minimum absolute atomic E-state index is 0.603. The quantitative estimate of drug-likeness (QED) is 0.139. The highest BCUT2D eigenvalue weighted by molar-refractivity contribution is 5.73. The number of aliphatic carboxylic acids is 1. The number of carbonyl (C=O) groups is 1. The number of hydrogen-bond donors (Lipinski definition) is 10.